The highest BCUT2D eigenvalue weighted by molar-refractivity contribution is 5.46. The van der Waals surface area contributed by atoms with Gasteiger partial charge >= 0.3 is 0 Å². The molecular weight excluding hydrogens is 208 g/mol. The van der Waals surface area contributed by atoms with Gasteiger partial charge in [-0.2, -0.15) is 0 Å². The maximum Gasteiger partial charge on any atom is 0.0363 e. The Kier molecular flexibility index (Phi) is 4.06. The molecule has 1 atom stereocenters. The second-order valence-electron chi connectivity index (χ2n) is 5.30. The van der Waals surface area contributed by atoms with Crippen LogP contribution in [0.3, 0.4) is 0 Å². The molecule has 0 spiro atoms. The van der Waals surface area contributed by atoms with Crippen molar-refractivity contribution in [2.45, 2.75) is 20.3 Å². The summed E-state index contributed by atoms with van der Waals surface area (Å²) in [5.41, 5.74) is 2.75. The number of hydrogen-bond donors (Lipinski definition) is 1. The van der Waals surface area contributed by atoms with Crippen LogP contribution in [0.4, 0.5) is 5.69 Å². The van der Waals surface area contributed by atoms with E-state index in [-0.39, 0.29) is 0 Å². The highest BCUT2D eigenvalue weighted by Gasteiger charge is 2.24. The minimum Gasteiger partial charge on any atom is -0.374 e. The molecule has 0 radical (unpaired) electrons. The van der Waals surface area contributed by atoms with Crippen molar-refractivity contribution in [1.82, 2.24) is 5.32 Å². The molecular formula is C15H24N2. The molecule has 1 aliphatic heterocycles. The van der Waals surface area contributed by atoms with E-state index >= 15 is 0 Å². The Morgan fingerprint density at radius 3 is 2.41 bits per heavy atom. The van der Waals surface area contributed by atoms with Gasteiger partial charge in [0.05, 0.1) is 0 Å². The van der Waals surface area contributed by atoms with E-state index in [1.165, 1.54) is 24.3 Å². The molecule has 0 aliphatic carbocycles. The first-order valence-electron chi connectivity index (χ1n) is 6.71. The Hall–Kier alpha value is -1.02. The van der Waals surface area contributed by atoms with Crippen LogP contribution < -0.4 is 10.2 Å². The van der Waals surface area contributed by atoms with E-state index < -0.39 is 0 Å². The lowest BCUT2D eigenvalue weighted by molar-refractivity contribution is 0.252. The van der Waals surface area contributed by atoms with E-state index in [4.69, 9.17) is 0 Å². The summed E-state index contributed by atoms with van der Waals surface area (Å²) in [5, 5.41) is 3.35. The van der Waals surface area contributed by atoms with Crippen molar-refractivity contribution >= 4 is 5.69 Å². The van der Waals surface area contributed by atoms with Gasteiger partial charge in [0, 0.05) is 19.3 Å². The summed E-state index contributed by atoms with van der Waals surface area (Å²) in [6.45, 7) is 8.11. The third kappa shape index (κ3) is 3.01. The monoisotopic (exact) mass is 232 g/mol. The Balaban J connectivity index is 1.91. The first-order chi connectivity index (χ1) is 8.20. The normalized spacial score (nSPS) is 17.6. The summed E-state index contributed by atoms with van der Waals surface area (Å²) in [7, 11) is 2.20. The zero-order valence-corrected chi connectivity index (χ0v) is 11.2. The maximum absolute atomic E-state index is 3.35. The number of rotatable bonds is 5. The van der Waals surface area contributed by atoms with Gasteiger partial charge in [-0.3, -0.25) is 0 Å². The molecule has 2 heteroatoms. The molecule has 17 heavy (non-hydrogen) atoms. The Morgan fingerprint density at radius 2 is 1.94 bits per heavy atom. The highest BCUT2D eigenvalue weighted by atomic mass is 15.1. The molecule has 2 nitrogen and oxygen atoms in total. The van der Waals surface area contributed by atoms with Crippen molar-refractivity contribution in [3.05, 3.63) is 29.8 Å². The van der Waals surface area contributed by atoms with Crippen LogP contribution in [0.5, 0.6) is 0 Å². The topological polar surface area (TPSA) is 15.3 Å². The van der Waals surface area contributed by atoms with Gasteiger partial charge in [0.15, 0.2) is 0 Å². The van der Waals surface area contributed by atoms with E-state index in [0.717, 1.165) is 24.8 Å². The molecule has 94 valence electrons. The quantitative estimate of drug-likeness (QED) is 0.839. The van der Waals surface area contributed by atoms with Crippen molar-refractivity contribution in [2.75, 3.05) is 31.6 Å². The van der Waals surface area contributed by atoms with Crippen LogP contribution in [0.15, 0.2) is 24.3 Å². The van der Waals surface area contributed by atoms with Crippen molar-refractivity contribution in [1.29, 1.82) is 0 Å². The van der Waals surface area contributed by atoms with Crippen LogP contribution in [0.2, 0.25) is 0 Å². The third-order valence-electron chi connectivity index (χ3n) is 3.96. The van der Waals surface area contributed by atoms with Gasteiger partial charge < -0.3 is 10.2 Å². The average Bonchev–Trinajstić information content (AvgIpc) is 2.26. The van der Waals surface area contributed by atoms with Crippen molar-refractivity contribution in [2.24, 2.45) is 11.8 Å². The number of aryl methyl sites for hydroxylation is 1. The predicted octanol–water partition coefficient (Wildman–Crippen LogP) is 2.54. The van der Waals surface area contributed by atoms with E-state index in [2.05, 4.69) is 55.4 Å². The minimum atomic E-state index is 0.770. The van der Waals surface area contributed by atoms with Crippen molar-refractivity contribution < 1.29 is 0 Å². The summed E-state index contributed by atoms with van der Waals surface area (Å²) in [4.78, 5) is 2.38. The van der Waals surface area contributed by atoms with Gasteiger partial charge in [-0.05, 0) is 49.0 Å². The van der Waals surface area contributed by atoms with Crippen molar-refractivity contribution in [3.8, 4) is 0 Å². The van der Waals surface area contributed by atoms with E-state index in [1.54, 1.807) is 0 Å². The molecule has 2 rings (SSSR count). The molecule has 1 N–H and O–H groups in total. The molecule has 1 aromatic rings. The van der Waals surface area contributed by atoms with E-state index in [1.807, 2.05) is 0 Å². The SMILES string of the molecule is CCc1ccc(N(C)CC(C)C2CNC2)cc1. The van der Waals surface area contributed by atoms with Gasteiger partial charge in [-0.15, -0.1) is 0 Å². The Labute approximate surface area is 105 Å². The van der Waals surface area contributed by atoms with Gasteiger partial charge in [0.25, 0.3) is 0 Å². The second kappa shape index (κ2) is 5.54. The second-order valence-corrected chi connectivity index (χ2v) is 5.30. The number of hydrogen-bond acceptors (Lipinski definition) is 2. The lowest BCUT2D eigenvalue weighted by atomic mass is 9.88. The fraction of sp³-hybridized carbons (Fsp3) is 0.600. The molecule has 1 heterocycles. The molecule has 0 saturated carbocycles. The van der Waals surface area contributed by atoms with E-state index in [9.17, 15) is 0 Å². The number of nitrogens with one attached hydrogen (secondary N) is 1. The van der Waals surface area contributed by atoms with Crippen LogP contribution in [-0.2, 0) is 6.42 Å². The van der Waals surface area contributed by atoms with E-state index in [0.29, 0.717) is 0 Å². The van der Waals surface area contributed by atoms with Crippen LogP contribution in [0, 0.1) is 11.8 Å². The summed E-state index contributed by atoms with van der Waals surface area (Å²) < 4.78 is 0. The first kappa shape index (κ1) is 12.4. The Morgan fingerprint density at radius 1 is 1.29 bits per heavy atom. The average molecular weight is 232 g/mol. The zero-order valence-electron chi connectivity index (χ0n) is 11.2. The van der Waals surface area contributed by atoms with Gasteiger partial charge in [0.1, 0.15) is 0 Å². The Bertz CT molecular complexity index is 340. The molecule has 0 bridgehead atoms. The summed E-state index contributed by atoms with van der Waals surface area (Å²) in [6, 6.07) is 8.96. The number of benzene rings is 1. The summed E-state index contributed by atoms with van der Waals surface area (Å²) >= 11 is 0. The minimum absolute atomic E-state index is 0.770. The fourth-order valence-corrected chi connectivity index (χ4v) is 2.39. The summed E-state index contributed by atoms with van der Waals surface area (Å²) in [5.74, 6) is 1.64. The smallest absolute Gasteiger partial charge is 0.0363 e. The first-order valence-corrected chi connectivity index (χ1v) is 6.71. The lowest BCUT2D eigenvalue weighted by Gasteiger charge is -2.35. The summed E-state index contributed by atoms with van der Waals surface area (Å²) in [6.07, 6.45) is 1.12. The van der Waals surface area contributed by atoms with Crippen LogP contribution in [-0.4, -0.2) is 26.7 Å². The largest absolute Gasteiger partial charge is 0.374 e. The highest BCUT2D eigenvalue weighted by Crippen LogP contribution is 2.20. The molecule has 1 aliphatic rings. The van der Waals surface area contributed by atoms with Gasteiger partial charge in [-0.25, -0.2) is 0 Å². The van der Waals surface area contributed by atoms with Crippen LogP contribution in [0.1, 0.15) is 19.4 Å². The molecule has 1 unspecified atom stereocenters. The molecule has 1 aromatic carbocycles. The number of nitrogens with zero attached hydrogens (tertiary/aromatic N) is 1. The maximum atomic E-state index is 3.35. The number of anilines is 1. The van der Waals surface area contributed by atoms with Gasteiger partial charge in [-0.1, -0.05) is 26.0 Å². The van der Waals surface area contributed by atoms with Crippen LogP contribution in [0.25, 0.3) is 0 Å². The zero-order chi connectivity index (χ0) is 12.3. The molecule has 1 saturated heterocycles. The fourth-order valence-electron chi connectivity index (χ4n) is 2.39. The van der Waals surface area contributed by atoms with Crippen molar-refractivity contribution in [3.63, 3.8) is 0 Å². The third-order valence-corrected chi connectivity index (χ3v) is 3.96. The molecule has 0 aromatic heterocycles. The standard InChI is InChI=1S/C15H24N2/c1-4-13-5-7-15(8-6-13)17(3)11-12(2)14-9-16-10-14/h5-8,12,14,16H,4,9-11H2,1-3H3. The molecule has 1 fully saturated rings. The predicted molar refractivity (Wildman–Crippen MR) is 74.6 cm³/mol. The van der Waals surface area contributed by atoms with Gasteiger partial charge in [0.2, 0.25) is 0 Å². The molecule has 0 amide bonds. The van der Waals surface area contributed by atoms with Crippen LogP contribution >= 0.6 is 0 Å². The lowest BCUT2D eigenvalue weighted by Crippen LogP contribution is -2.47.